The minimum atomic E-state index is -0.580. The second kappa shape index (κ2) is 7.65. The van der Waals surface area contributed by atoms with Gasteiger partial charge in [-0.1, -0.05) is 6.42 Å². The first kappa shape index (κ1) is 17.4. The molecule has 3 rings (SSSR count). The first-order valence-corrected chi connectivity index (χ1v) is 8.79. The molecule has 2 aromatic heterocycles. The molecule has 1 fully saturated rings. The number of carbonyl (C=O) groups excluding carboxylic acids is 1. The van der Waals surface area contributed by atoms with Crippen LogP contribution in [0.1, 0.15) is 41.6 Å². The van der Waals surface area contributed by atoms with Crippen LogP contribution in [0.15, 0.2) is 23.1 Å². The summed E-state index contributed by atoms with van der Waals surface area (Å²) in [5.41, 5.74) is 0.376. The quantitative estimate of drug-likeness (QED) is 0.799. The van der Waals surface area contributed by atoms with Crippen LogP contribution in [0, 0.1) is 6.92 Å². The summed E-state index contributed by atoms with van der Waals surface area (Å²) in [6.45, 7) is 5.49. The van der Waals surface area contributed by atoms with Crippen LogP contribution in [0.3, 0.4) is 0 Å². The molecule has 0 aliphatic carbocycles. The van der Waals surface area contributed by atoms with Gasteiger partial charge in [0.2, 0.25) is 5.88 Å². The summed E-state index contributed by atoms with van der Waals surface area (Å²) in [6.07, 6.45) is 6.14. The Morgan fingerprint density at radius 3 is 2.84 bits per heavy atom. The lowest BCUT2D eigenvalue weighted by Crippen LogP contribution is -2.35. The lowest BCUT2D eigenvalue weighted by Gasteiger charge is -2.26. The third-order valence-electron chi connectivity index (χ3n) is 4.58. The van der Waals surface area contributed by atoms with Crippen molar-refractivity contribution in [3.63, 3.8) is 0 Å². The third-order valence-corrected chi connectivity index (χ3v) is 4.58. The number of nitrogens with zero attached hydrogens (tertiary/aromatic N) is 3. The number of rotatable bonds is 5. The number of piperidine rings is 1. The molecule has 1 saturated heterocycles. The number of aryl methyl sites for hydroxylation is 1. The molecule has 2 N–H and O–H groups in total. The third kappa shape index (κ3) is 3.99. The van der Waals surface area contributed by atoms with Crippen molar-refractivity contribution in [1.82, 2.24) is 19.6 Å². The Kier molecular flexibility index (Phi) is 5.33. The van der Waals surface area contributed by atoms with Crippen LogP contribution in [0.2, 0.25) is 0 Å². The smallest absolute Gasteiger partial charge is 0.274 e. The van der Waals surface area contributed by atoms with Gasteiger partial charge in [-0.3, -0.25) is 14.0 Å². The van der Waals surface area contributed by atoms with Crippen molar-refractivity contribution >= 4 is 11.6 Å². The standard InChI is InChI=1S/C18H24N4O3/c1-13-6-11-22-14(12-13)20-17(24)15(18(22)25)16(23)19-7-5-10-21-8-3-2-4-9-21/h6,11-12,24H,2-5,7-10H2,1H3,(H,19,23). The van der Waals surface area contributed by atoms with Crippen molar-refractivity contribution in [2.45, 2.75) is 32.6 Å². The monoisotopic (exact) mass is 344 g/mol. The second-order valence-corrected chi connectivity index (χ2v) is 6.56. The van der Waals surface area contributed by atoms with E-state index in [1.165, 1.54) is 23.7 Å². The number of hydrogen-bond acceptors (Lipinski definition) is 5. The molecule has 1 aliphatic rings. The van der Waals surface area contributed by atoms with E-state index in [-0.39, 0.29) is 5.56 Å². The van der Waals surface area contributed by atoms with Crippen LogP contribution in [0.25, 0.3) is 5.65 Å². The highest BCUT2D eigenvalue weighted by atomic mass is 16.3. The molecule has 2 aromatic rings. The van der Waals surface area contributed by atoms with Gasteiger partial charge in [-0.15, -0.1) is 0 Å². The van der Waals surface area contributed by atoms with Crippen molar-refractivity contribution < 1.29 is 9.90 Å². The topological polar surface area (TPSA) is 86.9 Å². The Hall–Kier alpha value is -2.41. The van der Waals surface area contributed by atoms with Crippen molar-refractivity contribution in [2.24, 2.45) is 0 Å². The molecule has 0 saturated carbocycles. The normalized spacial score (nSPS) is 15.4. The zero-order chi connectivity index (χ0) is 17.8. The minimum absolute atomic E-state index is 0.306. The first-order valence-electron chi connectivity index (χ1n) is 8.79. The molecule has 0 radical (unpaired) electrons. The number of fused-ring (bicyclic) bond motifs is 1. The van der Waals surface area contributed by atoms with Crippen LogP contribution in [-0.2, 0) is 0 Å². The maximum absolute atomic E-state index is 12.5. The summed E-state index contributed by atoms with van der Waals surface area (Å²) in [5.74, 6) is -1.10. The van der Waals surface area contributed by atoms with Crippen molar-refractivity contribution in [3.05, 3.63) is 39.8 Å². The van der Waals surface area contributed by atoms with Gasteiger partial charge in [-0.05, 0) is 63.5 Å². The minimum Gasteiger partial charge on any atom is -0.493 e. The van der Waals surface area contributed by atoms with E-state index in [9.17, 15) is 14.7 Å². The van der Waals surface area contributed by atoms with Crippen LogP contribution < -0.4 is 10.9 Å². The van der Waals surface area contributed by atoms with Crippen molar-refractivity contribution in [3.8, 4) is 5.88 Å². The summed E-state index contributed by atoms with van der Waals surface area (Å²) in [4.78, 5) is 31.1. The Balaban J connectivity index is 1.65. The average Bonchev–Trinajstić information content (AvgIpc) is 2.59. The van der Waals surface area contributed by atoms with Crippen LogP contribution in [0.4, 0.5) is 0 Å². The molecule has 0 unspecified atom stereocenters. The first-order chi connectivity index (χ1) is 12.1. The molecule has 25 heavy (non-hydrogen) atoms. The number of pyridine rings is 1. The highest BCUT2D eigenvalue weighted by molar-refractivity contribution is 5.96. The maximum atomic E-state index is 12.5. The molecule has 1 aliphatic heterocycles. The van der Waals surface area contributed by atoms with E-state index < -0.39 is 17.3 Å². The van der Waals surface area contributed by atoms with Gasteiger partial charge in [0.15, 0.2) is 5.56 Å². The molecule has 1 amide bonds. The number of likely N-dealkylation sites (tertiary alicyclic amines) is 1. The van der Waals surface area contributed by atoms with Gasteiger partial charge in [0.1, 0.15) is 5.65 Å². The lowest BCUT2D eigenvalue weighted by molar-refractivity contribution is 0.0946. The van der Waals surface area contributed by atoms with E-state index in [0.717, 1.165) is 31.6 Å². The van der Waals surface area contributed by atoms with E-state index in [1.54, 1.807) is 18.3 Å². The van der Waals surface area contributed by atoms with E-state index in [4.69, 9.17) is 0 Å². The predicted molar refractivity (Wildman–Crippen MR) is 95.1 cm³/mol. The SMILES string of the molecule is Cc1ccn2c(=O)c(C(=O)NCCCN3CCCCC3)c(O)nc2c1. The number of hydrogen-bond donors (Lipinski definition) is 2. The largest absolute Gasteiger partial charge is 0.493 e. The molecule has 0 spiro atoms. The number of aromatic hydroxyl groups is 1. The Morgan fingerprint density at radius 2 is 2.08 bits per heavy atom. The average molecular weight is 344 g/mol. The second-order valence-electron chi connectivity index (χ2n) is 6.56. The van der Waals surface area contributed by atoms with Crippen molar-refractivity contribution in [2.75, 3.05) is 26.2 Å². The molecule has 0 atom stereocenters. The maximum Gasteiger partial charge on any atom is 0.274 e. The highest BCUT2D eigenvalue weighted by Crippen LogP contribution is 2.12. The van der Waals surface area contributed by atoms with Gasteiger partial charge >= 0.3 is 0 Å². The fraction of sp³-hybridized carbons (Fsp3) is 0.500. The van der Waals surface area contributed by atoms with Gasteiger partial charge in [-0.25, -0.2) is 0 Å². The molecular formula is C18H24N4O3. The van der Waals surface area contributed by atoms with E-state index >= 15 is 0 Å². The van der Waals surface area contributed by atoms with E-state index in [2.05, 4.69) is 15.2 Å². The summed E-state index contributed by atoms with van der Waals surface area (Å²) in [6, 6.07) is 3.44. The fourth-order valence-electron chi connectivity index (χ4n) is 3.20. The number of amides is 1. The van der Waals surface area contributed by atoms with Crippen LogP contribution in [-0.4, -0.2) is 51.5 Å². The number of nitrogens with one attached hydrogen (secondary N) is 1. The fourth-order valence-corrected chi connectivity index (χ4v) is 3.20. The van der Waals surface area contributed by atoms with Gasteiger partial charge in [0.05, 0.1) is 0 Å². The van der Waals surface area contributed by atoms with E-state index in [0.29, 0.717) is 12.2 Å². The van der Waals surface area contributed by atoms with Gasteiger partial charge in [-0.2, -0.15) is 4.98 Å². The van der Waals surface area contributed by atoms with Crippen LogP contribution in [0.5, 0.6) is 5.88 Å². The summed E-state index contributed by atoms with van der Waals surface area (Å²) >= 11 is 0. The van der Waals surface area contributed by atoms with Crippen molar-refractivity contribution in [1.29, 1.82) is 0 Å². The van der Waals surface area contributed by atoms with Crippen LogP contribution >= 0.6 is 0 Å². The summed E-state index contributed by atoms with van der Waals surface area (Å²) in [7, 11) is 0. The lowest BCUT2D eigenvalue weighted by atomic mass is 10.1. The summed E-state index contributed by atoms with van der Waals surface area (Å²) in [5, 5.41) is 12.7. The Bertz CT molecular complexity index is 825. The molecule has 134 valence electrons. The molecular weight excluding hydrogens is 320 g/mol. The summed E-state index contributed by atoms with van der Waals surface area (Å²) < 4.78 is 1.27. The molecule has 0 bridgehead atoms. The number of aromatic nitrogens is 2. The Morgan fingerprint density at radius 1 is 1.32 bits per heavy atom. The van der Waals surface area contributed by atoms with E-state index in [1.807, 2.05) is 6.92 Å². The molecule has 3 heterocycles. The highest BCUT2D eigenvalue weighted by Gasteiger charge is 2.19. The molecule has 0 aromatic carbocycles. The van der Waals surface area contributed by atoms with Gasteiger partial charge in [0, 0.05) is 12.7 Å². The Labute approximate surface area is 146 Å². The van der Waals surface area contributed by atoms with Gasteiger partial charge in [0.25, 0.3) is 11.5 Å². The molecule has 7 nitrogen and oxygen atoms in total. The zero-order valence-electron chi connectivity index (χ0n) is 14.5. The predicted octanol–water partition coefficient (Wildman–Crippen LogP) is 1.31. The number of carbonyl (C=O) groups is 1. The zero-order valence-corrected chi connectivity index (χ0v) is 14.5. The van der Waals surface area contributed by atoms with Gasteiger partial charge < -0.3 is 15.3 Å². The molecule has 7 heteroatoms.